The van der Waals surface area contributed by atoms with Crippen molar-refractivity contribution in [3.05, 3.63) is 36.0 Å². The summed E-state index contributed by atoms with van der Waals surface area (Å²) in [5.41, 5.74) is 6.91. The zero-order valence-corrected chi connectivity index (χ0v) is 16.2. The Bertz CT molecular complexity index is 776. The van der Waals surface area contributed by atoms with E-state index in [2.05, 4.69) is 16.2 Å². The number of aromatic nitrogens is 2. The normalized spacial score (nSPS) is 18.3. The number of fused-ring (bicyclic) bond motifs is 1. The van der Waals surface area contributed by atoms with E-state index in [1.54, 1.807) is 11.8 Å². The van der Waals surface area contributed by atoms with E-state index in [1.165, 1.54) is 0 Å². The highest BCUT2D eigenvalue weighted by Gasteiger charge is 2.36. The zero-order valence-electron chi connectivity index (χ0n) is 14.5. The predicted molar refractivity (Wildman–Crippen MR) is 104 cm³/mol. The number of halogens is 1. The maximum absolute atomic E-state index is 12.7. The number of nitrogens with two attached hydrogens (primary N) is 1. The van der Waals surface area contributed by atoms with Gasteiger partial charge in [0.05, 0.1) is 11.2 Å². The number of benzene rings is 1. The smallest absolute Gasteiger partial charge is 0.227 e. The average molecular weight is 395 g/mol. The lowest BCUT2D eigenvalue weighted by molar-refractivity contribution is -0.118. The number of rotatable bonds is 4. The van der Waals surface area contributed by atoms with Gasteiger partial charge in [0.2, 0.25) is 11.8 Å². The first-order chi connectivity index (χ1) is 12.2. The monoisotopic (exact) mass is 394 g/mol. The lowest BCUT2D eigenvalue weighted by atomic mass is 9.99. The Morgan fingerprint density at radius 2 is 2.08 bits per heavy atom. The van der Waals surface area contributed by atoms with Crippen LogP contribution in [0.25, 0.3) is 0 Å². The predicted octanol–water partition coefficient (Wildman–Crippen LogP) is 3.29. The Hall–Kier alpha value is -1.57. The molecule has 1 saturated carbocycles. The van der Waals surface area contributed by atoms with Gasteiger partial charge < -0.3 is 15.2 Å². The number of amides is 1. The first-order valence-corrected chi connectivity index (χ1v) is 9.78. The van der Waals surface area contributed by atoms with Crippen molar-refractivity contribution in [1.82, 2.24) is 10.1 Å². The van der Waals surface area contributed by atoms with Crippen LogP contribution in [0.5, 0.6) is 0 Å². The Balaban J connectivity index is 0.00000196. The van der Waals surface area contributed by atoms with Gasteiger partial charge in [-0.15, -0.1) is 24.2 Å². The van der Waals surface area contributed by atoms with Crippen molar-refractivity contribution in [1.29, 1.82) is 0 Å². The van der Waals surface area contributed by atoms with Crippen LogP contribution in [0.1, 0.15) is 43.8 Å². The van der Waals surface area contributed by atoms with Crippen LogP contribution in [-0.4, -0.2) is 28.3 Å². The van der Waals surface area contributed by atoms with E-state index >= 15 is 0 Å². The van der Waals surface area contributed by atoms with Crippen LogP contribution >= 0.6 is 24.2 Å². The van der Waals surface area contributed by atoms with Crippen molar-refractivity contribution in [2.24, 2.45) is 5.73 Å². The third-order valence-corrected chi connectivity index (χ3v) is 6.03. The quantitative estimate of drug-likeness (QED) is 0.856. The largest absolute Gasteiger partial charge is 0.339 e. The molecule has 0 unspecified atom stereocenters. The molecule has 0 radical (unpaired) electrons. The van der Waals surface area contributed by atoms with Crippen LogP contribution in [-0.2, 0) is 16.8 Å². The number of carbonyl (C=O) groups excluding carboxylic acids is 1. The molecule has 1 aliphatic carbocycles. The number of nitrogens with zero attached hydrogens (tertiary/aromatic N) is 3. The van der Waals surface area contributed by atoms with Crippen molar-refractivity contribution >= 4 is 35.8 Å². The molecule has 1 fully saturated rings. The van der Waals surface area contributed by atoms with Crippen LogP contribution in [0.15, 0.2) is 33.7 Å². The van der Waals surface area contributed by atoms with Gasteiger partial charge in [-0.2, -0.15) is 4.98 Å². The summed E-state index contributed by atoms with van der Waals surface area (Å²) in [7, 11) is 0. The van der Waals surface area contributed by atoms with Gasteiger partial charge in [0.15, 0.2) is 5.82 Å². The summed E-state index contributed by atoms with van der Waals surface area (Å²) >= 11 is 1.79. The summed E-state index contributed by atoms with van der Waals surface area (Å²) in [5, 5.41) is 4.06. The maximum atomic E-state index is 12.7. The molecule has 0 atom stereocenters. The zero-order chi connectivity index (χ0) is 17.3. The number of carbonyl (C=O) groups is 1. The second kappa shape index (κ2) is 7.98. The maximum Gasteiger partial charge on any atom is 0.227 e. The molecule has 0 saturated heterocycles. The molecule has 26 heavy (non-hydrogen) atoms. The second-order valence-corrected chi connectivity index (χ2v) is 7.87. The van der Waals surface area contributed by atoms with Crippen LogP contribution in [0.3, 0.4) is 0 Å². The van der Waals surface area contributed by atoms with E-state index in [-0.39, 0.29) is 18.3 Å². The van der Waals surface area contributed by atoms with Gasteiger partial charge >= 0.3 is 0 Å². The third kappa shape index (κ3) is 3.75. The van der Waals surface area contributed by atoms with Crippen molar-refractivity contribution in [3.63, 3.8) is 0 Å². The van der Waals surface area contributed by atoms with Gasteiger partial charge in [-0.25, -0.2) is 0 Å². The molecule has 2 heterocycles. The number of hydrogen-bond acceptors (Lipinski definition) is 6. The fourth-order valence-electron chi connectivity index (χ4n) is 3.57. The minimum atomic E-state index is -0.450. The van der Waals surface area contributed by atoms with E-state index in [9.17, 15) is 4.79 Å². The Labute approximate surface area is 163 Å². The molecule has 0 bridgehead atoms. The summed E-state index contributed by atoms with van der Waals surface area (Å²) in [4.78, 5) is 20.1. The SMILES string of the molecule is Cl.NC1(c2noc(CCC(=O)N3CCSc4ccccc43)n2)CCCC1. The molecule has 8 heteroatoms. The van der Waals surface area contributed by atoms with Gasteiger partial charge in [-0.05, 0) is 25.0 Å². The van der Waals surface area contributed by atoms with Gasteiger partial charge in [0, 0.05) is 30.0 Å². The molecule has 2 aromatic rings. The molecule has 4 rings (SSSR count). The van der Waals surface area contributed by atoms with Gasteiger partial charge in [-0.3, -0.25) is 4.79 Å². The molecule has 1 aromatic carbocycles. The highest BCUT2D eigenvalue weighted by Crippen LogP contribution is 2.35. The lowest BCUT2D eigenvalue weighted by Gasteiger charge is -2.28. The Morgan fingerprint density at radius 3 is 2.88 bits per heavy atom. The molecule has 2 aliphatic rings. The van der Waals surface area contributed by atoms with Gasteiger partial charge in [0.1, 0.15) is 0 Å². The summed E-state index contributed by atoms with van der Waals surface area (Å²) < 4.78 is 5.33. The van der Waals surface area contributed by atoms with E-state index in [4.69, 9.17) is 10.3 Å². The highest BCUT2D eigenvalue weighted by atomic mass is 35.5. The van der Waals surface area contributed by atoms with Crippen molar-refractivity contribution < 1.29 is 9.32 Å². The molecule has 1 aromatic heterocycles. The fourth-order valence-corrected chi connectivity index (χ4v) is 4.56. The van der Waals surface area contributed by atoms with E-state index in [0.717, 1.165) is 48.6 Å². The van der Waals surface area contributed by atoms with Crippen LogP contribution in [0, 0.1) is 0 Å². The molecular formula is C18H23ClN4O2S. The van der Waals surface area contributed by atoms with Crippen molar-refractivity contribution in [3.8, 4) is 0 Å². The van der Waals surface area contributed by atoms with Crippen molar-refractivity contribution in [2.75, 3.05) is 17.2 Å². The first-order valence-electron chi connectivity index (χ1n) is 8.80. The lowest BCUT2D eigenvalue weighted by Crippen LogP contribution is -2.35. The summed E-state index contributed by atoms with van der Waals surface area (Å²) in [6.07, 6.45) is 4.81. The minimum Gasteiger partial charge on any atom is -0.339 e. The standard InChI is InChI=1S/C18H22N4O2S.ClH/c19-18(9-3-4-10-18)17-20-15(24-21-17)7-8-16(23)22-11-12-25-14-6-2-1-5-13(14)22;/h1-2,5-6H,3-4,7-12,19H2;1H. The van der Waals surface area contributed by atoms with E-state index in [0.29, 0.717) is 24.6 Å². The molecule has 1 amide bonds. The summed E-state index contributed by atoms with van der Waals surface area (Å²) in [6.45, 7) is 0.738. The Kier molecular flexibility index (Phi) is 5.89. The number of para-hydroxylation sites is 1. The fraction of sp³-hybridized carbons (Fsp3) is 0.500. The van der Waals surface area contributed by atoms with E-state index < -0.39 is 5.54 Å². The summed E-state index contributed by atoms with van der Waals surface area (Å²) in [6, 6.07) is 8.04. The van der Waals surface area contributed by atoms with Crippen LogP contribution in [0.2, 0.25) is 0 Å². The molecule has 1 aliphatic heterocycles. The number of hydrogen-bond donors (Lipinski definition) is 1. The molecule has 140 valence electrons. The van der Waals surface area contributed by atoms with Gasteiger partial charge in [-0.1, -0.05) is 30.1 Å². The minimum absolute atomic E-state index is 0. The summed E-state index contributed by atoms with van der Waals surface area (Å²) in [5.74, 6) is 2.10. The van der Waals surface area contributed by atoms with Crippen LogP contribution < -0.4 is 10.6 Å². The van der Waals surface area contributed by atoms with Gasteiger partial charge in [0.25, 0.3) is 0 Å². The number of anilines is 1. The second-order valence-electron chi connectivity index (χ2n) is 6.74. The average Bonchev–Trinajstić information content (AvgIpc) is 3.29. The first kappa shape index (κ1) is 19.2. The number of thioether (sulfide) groups is 1. The van der Waals surface area contributed by atoms with Crippen molar-refractivity contribution in [2.45, 2.75) is 49.0 Å². The van der Waals surface area contributed by atoms with E-state index in [1.807, 2.05) is 23.1 Å². The molecular weight excluding hydrogens is 372 g/mol. The molecule has 6 nitrogen and oxygen atoms in total. The highest BCUT2D eigenvalue weighted by molar-refractivity contribution is 7.99. The molecule has 2 N–H and O–H groups in total. The third-order valence-electron chi connectivity index (χ3n) is 4.99. The number of aryl methyl sites for hydroxylation is 1. The topological polar surface area (TPSA) is 85.2 Å². The molecule has 0 spiro atoms. The van der Waals surface area contributed by atoms with Crippen LogP contribution in [0.4, 0.5) is 5.69 Å². The Morgan fingerprint density at radius 1 is 1.31 bits per heavy atom.